The molecule has 1 atom stereocenters. The molecule has 70 valence electrons. The lowest BCUT2D eigenvalue weighted by molar-refractivity contribution is -0.146. The Balaban J connectivity index is 3.15. The van der Waals surface area contributed by atoms with Gasteiger partial charge < -0.3 is 10.2 Å². The molecule has 0 aromatic heterocycles. The second-order valence-corrected chi connectivity index (χ2v) is 3.17. The lowest BCUT2D eigenvalue weighted by atomic mass is 10.1. The van der Waals surface area contributed by atoms with Gasteiger partial charge in [-0.05, 0) is 6.07 Å². The molecule has 13 heavy (non-hydrogen) atoms. The zero-order valence-electron chi connectivity index (χ0n) is 6.37. The standard InChI is InChI=1S/C8H6Cl2O3/c9-5-3-1-2-4(6(5)10)7(11)8(12)13/h1-3,7,11H,(H,12,13). The summed E-state index contributed by atoms with van der Waals surface area (Å²) in [5.41, 5.74) is 0.0988. The largest absolute Gasteiger partial charge is 0.479 e. The molecule has 0 aliphatic carbocycles. The summed E-state index contributed by atoms with van der Waals surface area (Å²) < 4.78 is 0. The molecule has 1 aromatic carbocycles. The molecule has 5 heteroatoms. The number of aliphatic hydroxyl groups is 1. The minimum atomic E-state index is -1.63. The van der Waals surface area contributed by atoms with Crippen molar-refractivity contribution in [1.29, 1.82) is 0 Å². The summed E-state index contributed by atoms with van der Waals surface area (Å²) >= 11 is 11.3. The van der Waals surface area contributed by atoms with E-state index in [9.17, 15) is 4.79 Å². The van der Waals surface area contributed by atoms with Crippen molar-refractivity contribution in [1.82, 2.24) is 0 Å². The zero-order chi connectivity index (χ0) is 10.0. The minimum absolute atomic E-state index is 0.0686. The average molecular weight is 221 g/mol. The van der Waals surface area contributed by atoms with Crippen molar-refractivity contribution in [3.8, 4) is 0 Å². The summed E-state index contributed by atoms with van der Waals surface area (Å²) in [4.78, 5) is 10.4. The molecule has 0 heterocycles. The zero-order valence-corrected chi connectivity index (χ0v) is 7.88. The van der Waals surface area contributed by atoms with Crippen LogP contribution in [0.4, 0.5) is 0 Å². The number of hydrogen-bond acceptors (Lipinski definition) is 2. The molecule has 1 unspecified atom stereocenters. The van der Waals surface area contributed by atoms with E-state index in [0.717, 1.165) is 0 Å². The third-order valence-corrected chi connectivity index (χ3v) is 2.34. The predicted octanol–water partition coefficient (Wildman–Crippen LogP) is 2.11. The summed E-state index contributed by atoms with van der Waals surface area (Å²) in [5, 5.41) is 17.9. The predicted molar refractivity (Wildman–Crippen MR) is 49.1 cm³/mol. The van der Waals surface area contributed by atoms with Crippen molar-refractivity contribution in [2.45, 2.75) is 6.10 Å². The third-order valence-electron chi connectivity index (χ3n) is 1.51. The first-order valence-electron chi connectivity index (χ1n) is 3.39. The number of carbonyl (C=O) groups is 1. The second-order valence-electron chi connectivity index (χ2n) is 2.38. The number of carboxylic acids is 1. The van der Waals surface area contributed by atoms with Gasteiger partial charge in [0.1, 0.15) is 0 Å². The molecule has 0 spiro atoms. The van der Waals surface area contributed by atoms with Crippen LogP contribution in [0, 0.1) is 0 Å². The van der Waals surface area contributed by atoms with Gasteiger partial charge in [0.05, 0.1) is 10.0 Å². The van der Waals surface area contributed by atoms with Crippen molar-refractivity contribution in [3.05, 3.63) is 33.8 Å². The molecule has 3 nitrogen and oxygen atoms in total. The van der Waals surface area contributed by atoms with Gasteiger partial charge in [-0.25, -0.2) is 4.79 Å². The molecule has 0 saturated heterocycles. The van der Waals surface area contributed by atoms with Crippen LogP contribution in [-0.2, 0) is 4.79 Å². The van der Waals surface area contributed by atoms with Crippen LogP contribution < -0.4 is 0 Å². The Kier molecular flexibility index (Phi) is 3.14. The normalized spacial score (nSPS) is 12.5. The number of carboxylic acid groups (broad SMARTS) is 1. The van der Waals surface area contributed by atoms with Gasteiger partial charge in [-0.15, -0.1) is 0 Å². The van der Waals surface area contributed by atoms with Crippen LogP contribution in [0.25, 0.3) is 0 Å². The van der Waals surface area contributed by atoms with Crippen LogP contribution in [0.3, 0.4) is 0 Å². The maximum absolute atomic E-state index is 10.4. The van der Waals surface area contributed by atoms with Gasteiger partial charge in [0.15, 0.2) is 6.10 Å². The van der Waals surface area contributed by atoms with Crippen LogP contribution in [-0.4, -0.2) is 16.2 Å². The summed E-state index contributed by atoms with van der Waals surface area (Å²) in [6.45, 7) is 0. The molecule has 0 radical (unpaired) electrons. The van der Waals surface area contributed by atoms with Gasteiger partial charge >= 0.3 is 5.97 Å². The van der Waals surface area contributed by atoms with Gasteiger partial charge in [0, 0.05) is 5.56 Å². The average Bonchev–Trinajstić information content (AvgIpc) is 2.08. The van der Waals surface area contributed by atoms with Gasteiger partial charge in [-0.2, -0.15) is 0 Å². The topological polar surface area (TPSA) is 57.5 Å². The first-order chi connectivity index (χ1) is 6.04. The molecule has 0 amide bonds. The van der Waals surface area contributed by atoms with E-state index in [2.05, 4.69) is 0 Å². The van der Waals surface area contributed by atoms with Crippen molar-refractivity contribution in [3.63, 3.8) is 0 Å². The van der Waals surface area contributed by atoms with Crippen LogP contribution in [0.15, 0.2) is 18.2 Å². The SMILES string of the molecule is O=C(O)C(O)c1cccc(Cl)c1Cl. The van der Waals surface area contributed by atoms with Crippen LogP contribution in [0.2, 0.25) is 10.0 Å². The molecular weight excluding hydrogens is 215 g/mol. The summed E-state index contributed by atoms with van der Waals surface area (Å²) in [7, 11) is 0. The van der Waals surface area contributed by atoms with Crippen LogP contribution in [0.1, 0.15) is 11.7 Å². The molecule has 0 fully saturated rings. The Morgan fingerprint density at radius 1 is 1.38 bits per heavy atom. The maximum Gasteiger partial charge on any atom is 0.337 e. The van der Waals surface area contributed by atoms with E-state index >= 15 is 0 Å². The lowest BCUT2D eigenvalue weighted by Crippen LogP contribution is -2.10. The number of halogens is 2. The molecule has 0 saturated carbocycles. The Morgan fingerprint density at radius 3 is 2.54 bits per heavy atom. The summed E-state index contributed by atoms with van der Waals surface area (Å²) in [5.74, 6) is -1.36. The maximum atomic E-state index is 10.4. The van der Waals surface area contributed by atoms with E-state index in [0.29, 0.717) is 0 Å². The van der Waals surface area contributed by atoms with Crippen molar-refractivity contribution < 1.29 is 15.0 Å². The van der Waals surface area contributed by atoms with Gasteiger partial charge in [0.25, 0.3) is 0 Å². The number of rotatable bonds is 2. The Hall–Kier alpha value is -0.770. The fraction of sp³-hybridized carbons (Fsp3) is 0.125. The highest BCUT2D eigenvalue weighted by Crippen LogP contribution is 2.29. The monoisotopic (exact) mass is 220 g/mol. The van der Waals surface area contributed by atoms with E-state index in [1.54, 1.807) is 0 Å². The lowest BCUT2D eigenvalue weighted by Gasteiger charge is -2.08. The summed E-state index contributed by atoms with van der Waals surface area (Å²) in [6, 6.07) is 4.45. The highest BCUT2D eigenvalue weighted by atomic mass is 35.5. The smallest absolute Gasteiger partial charge is 0.337 e. The molecule has 2 N–H and O–H groups in total. The van der Waals surface area contributed by atoms with E-state index in [4.69, 9.17) is 33.4 Å². The number of aliphatic hydroxyl groups excluding tert-OH is 1. The first kappa shape index (κ1) is 10.3. The quantitative estimate of drug-likeness (QED) is 0.803. The molecule has 1 aromatic rings. The van der Waals surface area contributed by atoms with E-state index < -0.39 is 12.1 Å². The molecular formula is C8H6Cl2O3. The fourth-order valence-electron chi connectivity index (χ4n) is 0.865. The Morgan fingerprint density at radius 2 is 2.00 bits per heavy atom. The van der Waals surface area contributed by atoms with Gasteiger partial charge in [0.2, 0.25) is 0 Å². The van der Waals surface area contributed by atoms with Crippen molar-refractivity contribution in [2.24, 2.45) is 0 Å². The fourth-order valence-corrected chi connectivity index (χ4v) is 1.28. The number of hydrogen-bond donors (Lipinski definition) is 2. The molecule has 0 aliphatic rings. The van der Waals surface area contributed by atoms with Crippen LogP contribution >= 0.6 is 23.2 Å². The highest BCUT2D eigenvalue weighted by Gasteiger charge is 2.19. The highest BCUT2D eigenvalue weighted by molar-refractivity contribution is 6.42. The Bertz CT molecular complexity index is 338. The van der Waals surface area contributed by atoms with Gasteiger partial charge in [-0.1, -0.05) is 35.3 Å². The van der Waals surface area contributed by atoms with E-state index in [-0.39, 0.29) is 15.6 Å². The third kappa shape index (κ3) is 2.12. The van der Waals surface area contributed by atoms with E-state index in [1.165, 1.54) is 18.2 Å². The van der Waals surface area contributed by atoms with E-state index in [1.807, 2.05) is 0 Å². The number of aliphatic carboxylic acids is 1. The number of benzene rings is 1. The molecule has 0 bridgehead atoms. The van der Waals surface area contributed by atoms with Crippen molar-refractivity contribution in [2.75, 3.05) is 0 Å². The molecule has 0 aliphatic heterocycles. The van der Waals surface area contributed by atoms with Crippen LogP contribution in [0.5, 0.6) is 0 Å². The first-order valence-corrected chi connectivity index (χ1v) is 4.14. The molecule has 1 rings (SSSR count). The Labute approximate surface area is 84.5 Å². The summed E-state index contributed by atoms with van der Waals surface area (Å²) in [6.07, 6.45) is -1.63. The van der Waals surface area contributed by atoms with Gasteiger partial charge in [-0.3, -0.25) is 0 Å². The minimum Gasteiger partial charge on any atom is -0.479 e. The van der Waals surface area contributed by atoms with Crippen molar-refractivity contribution >= 4 is 29.2 Å². The second kappa shape index (κ2) is 3.96.